The minimum absolute atomic E-state index is 0.0208. The van der Waals surface area contributed by atoms with Gasteiger partial charge in [0.05, 0.1) is 19.6 Å². The summed E-state index contributed by atoms with van der Waals surface area (Å²) in [6, 6.07) is 4.85. The first kappa shape index (κ1) is 31.9. The molecule has 37 heavy (non-hydrogen) atoms. The Morgan fingerprint density at radius 1 is 1.00 bits per heavy atom. The van der Waals surface area contributed by atoms with E-state index in [1.807, 2.05) is 19.1 Å². The lowest BCUT2D eigenvalue weighted by atomic mass is 9.94. The van der Waals surface area contributed by atoms with Crippen molar-refractivity contribution in [2.45, 2.75) is 91.5 Å². The number of benzene rings is 1. The van der Waals surface area contributed by atoms with E-state index in [4.69, 9.17) is 9.47 Å². The van der Waals surface area contributed by atoms with Gasteiger partial charge in [-0.2, -0.15) is 0 Å². The van der Waals surface area contributed by atoms with Crippen LogP contribution in [0.5, 0.6) is 0 Å². The van der Waals surface area contributed by atoms with Gasteiger partial charge in [0.25, 0.3) is 0 Å². The number of carbonyl (C=O) groups excluding carboxylic acids is 4. The molecule has 0 aromatic heterocycles. The number of esters is 1. The topological polar surface area (TPSA) is 134 Å². The molecule has 10 nitrogen and oxygen atoms in total. The summed E-state index contributed by atoms with van der Waals surface area (Å²) in [5.41, 5.74) is -0.104. The minimum atomic E-state index is -1.35. The molecule has 0 aliphatic rings. The molecule has 0 spiro atoms. The molecule has 0 bridgehead atoms. The van der Waals surface area contributed by atoms with Gasteiger partial charge in [-0.15, -0.1) is 0 Å². The van der Waals surface area contributed by atoms with E-state index in [1.54, 1.807) is 60.6 Å². The second-order valence-corrected chi connectivity index (χ2v) is 10.6. The number of hydrogen-bond donors (Lipinski definition) is 3. The molecule has 1 rings (SSSR count). The van der Waals surface area contributed by atoms with Gasteiger partial charge in [0.2, 0.25) is 11.8 Å². The van der Waals surface area contributed by atoms with Gasteiger partial charge in [-0.3, -0.25) is 14.4 Å². The maximum atomic E-state index is 13.8. The summed E-state index contributed by atoms with van der Waals surface area (Å²) in [5, 5.41) is 15.1. The Balaban J connectivity index is 3.39. The average molecular weight is 522 g/mol. The third-order valence-corrected chi connectivity index (χ3v) is 5.28. The zero-order chi connectivity index (χ0) is 28.4. The number of nitrogens with zero attached hydrogens (tertiary/aromatic N) is 1. The first-order valence-electron chi connectivity index (χ1n) is 12.6. The number of carbonyl (C=O) groups is 4. The van der Waals surface area contributed by atoms with Crippen molar-refractivity contribution in [3.05, 3.63) is 35.4 Å². The van der Waals surface area contributed by atoms with E-state index in [1.165, 1.54) is 4.90 Å². The van der Waals surface area contributed by atoms with Crippen molar-refractivity contribution < 1.29 is 33.8 Å². The molecule has 2 unspecified atom stereocenters. The molecule has 1 aromatic rings. The van der Waals surface area contributed by atoms with E-state index in [2.05, 4.69) is 10.6 Å². The average Bonchev–Trinajstić information content (AvgIpc) is 2.78. The molecule has 208 valence electrons. The third kappa shape index (κ3) is 10.4. The summed E-state index contributed by atoms with van der Waals surface area (Å²) in [6.07, 6.45) is -0.0915. The number of nitrogens with one attached hydrogen (secondary N) is 2. The van der Waals surface area contributed by atoms with Gasteiger partial charge < -0.3 is 30.1 Å². The standard InChI is InChI=1S/C27H43N3O7/c1-9-18-11-13-19(14-12-18)22(23(33)28-16-15-21(32)36-10-2)30(26(3,4)5)24(34)20(17-31)29-25(35)37-27(6,7)8/h11-14,20,22,31H,9-10,15-17H2,1-8H3,(H,28,33)(H,29,35). The van der Waals surface area contributed by atoms with Crippen molar-refractivity contribution in [1.29, 1.82) is 0 Å². The summed E-state index contributed by atoms with van der Waals surface area (Å²) in [7, 11) is 0. The van der Waals surface area contributed by atoms with Crippen LogP contribution in [0.3, 0.4) is 0 Å². The van der Waals surface area contributed by atoms with E-state index < -0.39 is 53.7 Å². The van der Waals surface area contributed by atoms with E-state index in [-0.39, 0.29) is 19.6 Å². The molecule has 2 atom stereocenters. The zero-order valence-electron chi connectivity index (χ0n) is 23.3. The molecule has 0 saturated carbocycles. The van der Waals surface area contributed by atoms with Gasteiger partial charge in [-0.1, -0.05) is 31.2 Å². The summed E-state index contributed by atoms with van der Waals surface area (Å²) in [6.45, 7) is 13.6. The van der Waals surface area contributed by atoms with Gasteiger partial charge in [0, 0.05) is 12.1 Å². The number of aliphatic hydroxyl groups is 1. The van der Waals surface area contributed by atoms with Gasteiger partial charge in [-0.05, 0) is 66.0 Å². The highest BCUT2D eigenvalue weighted by molar-refractivity contribution is 5.92. The maximum absolute atomic E-state index is 13.8. The highest BCUT2D eigenvalue weighted by Crippen LogP contribution is 2.30. The number of aliphatic hydroxyl groups excluding tert-OH is 1. The Labute approximate surface area is 220 Å². The second kappa shape index (κ2) is 14.0. The number of alkyl carbamates (subject to hydrolysis) is 1. The Kier molecular flexibility index (Phi) is 12.0. The molecule has 0 saturated heterocycles. The first-order chi connectivity index (χ1) is 17.1. The predicted molar refractivity (Wildman–Crippen MR) is 140 cm³/mol. The lowest BCUT2D eigenvalue weighted by Gasteiger charge is -2.42. The quantitative estimate of drug-likeness (QED) is 0.381. The second-order valence-electron chi connectivity index (χ2n) is 10.6. The van der Waals surface area contributed by atoms with Crippen molar-refractivity contribution in [2.75, 3.05) is 19.8 Å². The Morgan fingerprint density at radius 3 is 2.05 bits per heavy atom. The minimum Gasteiger partial charge on any atom is -0.466 e. The summed E-state index contributed by atoms with van der Waals surface area (Å²) < 4.78 is 10.2. The third-order valence-electron chi connectivity index (χ3n) is 5.28. The predicted octanol–water partition coefficient (Wildman–Crippen LogP) is 2.87. The van der Waals surface area contributed by atoms with Gasteiger partial charge in [0.15, 0.2) is 0 Å². The molecule has 1 aromatic carbocycles. The zero-order valence-corrected chi connectivity index (χ0v) is 23.3. The molecular formula is C27H43N3O7. The fourth-order valence-electron chi connectivity index (χ4n) is 3.62. The monoisotopic (exact) mass is 521 g/mol. The lowest BCUT2D eigenvalue weighted by molar-refractivity contribution is -0.149. The Morgan fingerprint density at radius 2 is 1.59 bits per heavy atom. The molecule has 3 amide bonds. The van der Waals surface area contributed by atoms with E-state index in [0.717, 1.165) is 12.0 Å². The van der Waals surface area contributed by atoms with E-state index in [0.29, 0.717) is 5.56 Å². The van der Waals surface area contributed by atoms with Crippen molar-refractivity contribution in [3.63, 3.8) is 0 Å². The summed E-state index contributed by atoms with van der Waals surface area (Å²) in [4.78, 5) is 52.7. The molecule has 0 aliphatic heterocycles. The van der Waals surface area contributed by atoms with Crippen LogP contribution in [-0.4, -0.2) is 70.8 Å². The molecular weight excluding hydrogens is 478 g/mol. The Hall–Kier alpha value is -3.14. The van der Waals surface area contributed by atoms with Crippen molar-refractivity contribution in [2.24, 2.45) is 0 Å². The molecule has 0 heterocycles. The van der Waals surface area contributed by atoms with Gasteiger partial charge >= 0.3 is 12.1 Å². The molecule has 0 fully saturated rings. The van der Waals surface area contributed by atoms with Crippen LogP contribution in [0.4, 0.5) is 4.79 Å². The smallest absolute Gasteiger partial charge is 0.408 e. The van der Waals surface area contributed by atoms with Crippen LogP contribution in [0, 0.1) is 0 Å². The van der Waals surface area contributed by atoms with Crippen LogP contribution in [0.15, 0.2) is 24.3 Å². The first-order valence-corrected chi connectivity index (χ1v) is 12.6. The van der Waals surface area contributed by atoms with Gasteiger partial charge in [-0.25, -0.2) is 4.79 Å². The fraction of sp³-hybridized carbons (Fsp3) is 0.630. The summed E-state index contributed by atoms with van der Waals surface area (Å²) >= 11 is 0. The van der Waals surface area contributed by atoms with E-state index in [9.17, 15) is 24.3 Å². The fourth-order valence-corrected chi connectivity index (χ4v) is 3.62. The van der Waals surface area contributed by atoms with Crippen LogP contribution in [0.1, 0.15) is 79.0 Å². The number of aryl methyl sites for hydroxylation is 1. The summed E-state index contributed by atoms with van der Waals surface area (Å²) in [5.74, 6) is -1.62. The number of hydrogen-bond acceptors (Lipinski definition) is 7. The van der Waals surface area contributed by atoms with Crippen LogP contribution < -0.4 is 10.6 Å². The maximum Gasteiger partial charge on any atom is 0.408 e. The highest BCUT2D eigenvalue weighted by atomic mass is 16.6. The van der Waals surface area contributed by atoms with E-state index >= 15 is 0 Å². The highest BCUT2D eigenvalue weighted by Gasteiger charge is 2.41. The molecule has 0 aliphatic carbocycles. The normalized spacial score (nSPS) is 13.2. The largest absolute Gasteiger partial charge is 0.466 e. The number of amides is 3. The van der Waals surface area contributed by atoms with Crippen molar-refractivity contribution >= 4 is 23.9 Å². The van der Waals surface area contributed by atoms with Crippen molar-refractivity contribution in [3.8, 4) is 0 Å². The van der Waals surface area contributed by atoms with Crippen molar-refractivity contribution in [1.82, 2.24) is 15.5 Å². The molecule has 0 radical (unpaired) electrons. The van der Waals surface area contributed by atoms with Crippen LogP contribution >= 0.6 is 0 Å². The van der Waals surface area contributed by atoms with Crippen LogP contribution in [0.25, 0.3) is 0 Å². The van der Waals surface area contributed by atoms with Crippen LogP contribution in [-0.2, 0) is 30.3 Å². The molecule has 10 heteroatoms. The van der Waals surface area contributed by atoms with Crippen LogP contribution in [0.2, 0.25) is 0 Å². The SMILES string of the molecule is CCOC(=O)CCNC(=O)C(c1ccc(CC)cc1)N(C(=O)C(CO)NC(=O)OC(C)(C)C)C(C)(C)C. The number of ether oxygens (including phenoxy) is 2. The lowest BCUT2D eigenvalue weighted by Crippen LogP contribution is -2.59. The van der Waals surface area contributed by atoms with Gasteiger partial charge in [0.1, 0.15) is 17.7 Å². The molecule has 3 N–H and O–H groups in total. The number of rotatable bonds is 11. The Bertz CT molecular complexity index is 917.